The molecule has 2 aromatic carbocycles. The summed E-state index contributed by atoms with van der Waals surface area (Å²) in [4.78, 5) is 12.5. The van der Waals surface area contributed by atoms with Gasteiger partial charge in [0.05, 0.1) is 28.5 Å². The van der Waals surface area contributed by atoms with Crippen LogP contribution in [0.25, 0.3) is 0 Å². The summed E-state index contributed by atoms with van der Waals surface area (Å²) in [6.45, 7) is 3.97. The van der Waals surface area contributed by atoms with Crippen LogP contribution in [0.1, 0.15) is 12.5 Å². The first-order valence-electron chi connectivity index (χ1n) is 8.51. The molecule has 1 atom stereocenters. The van der Waals surface area contributed by atoms with Crippen LogP contribution in [0.4, 0.5) is 5.69 Å². The van der Waals surface area contributed by atoms with Gasteiger partial charge in [-0.15, -0.1) is 0 Å². The summed E-state index contributed by atoms with van der Waals surface area (Å²) in [7, 11) is -3.73. The number of rotatable bonds is 8. The van der Waals surface area contributed by atoms with E-state index in [9.17, 15) is 13.2 Å². The third-order valence-electron chi connectivity index (χ3n) is 3.94. The van der Waals surface area contributed by atoms with Crippen LogP contribution in [0.3, 0.4) is 0 Å². The molecule has 0 aliphatic rings. The highest BCUT2D eigenvalue weighted by atomic mass is 35.5. The second kappa shape index (κ2) is 9.49. The average Bonchev–Trinajstić information content (AvgIpc) is 2.62. The fourth-order valence-electron chi connectivity index (χ4n) is 2.56. The molecule has 2 rings (SSSR count). The normalized spacial score (nSPS) is 12.3. The zero-order chi connectivity index (χ0) is 20.9. The fraction of sp³-hybridized carbons (Fsp3) is 0.316. The monoisotopic (exact) mass is 444 g/mol. The maximum absolute atomic E-state index is 12.5. The van der Waals surface area contributed by atoms with E-state index >= 15 is 0 Å². The van der Waals surface area contributed by atoms with Crippen molar-refractivity contribution >= 4 is 44.8 Å². The first-order valence-corrected chi connectivity index (χ1v) is 11.1. The lowest BCUT2D eigenvalue weighted by molar-refractivity contribution is -0.121. The van der Waals surface area contributed by atoms with E-state index < -0.39 is 22.0 Å². The molecule has 0 aliphatic heterocycles. The molecule has 6 nitrogen and oxygen atoms in total. The number of hydrogen-bond donors (Lipinski definition) is 1. The van der Waals surface area contributed by atoms with Gasteiger partial charge < -0.3 is 10.1 Å². The Balaban J connectivity index is 2.01. The van der Waals surface area contributed by atoms with E-state index in [-0.39, 0.29) is 23.9 Å². The van der Waals surface area contributed by atoms with E-state index in [1.165, 1.54) is 25.1 Å². The number of amides is 1. The van der Waals surface area contributed by atoms with E-state index in [4.69, 9.17) is 27.9 Å². The van der Waals surface area contributed by atoms with Crippen molar-refractivity contribution in [3.05, 3.63) is 58.1 Å². The van der Waals surface area contributed by atoms with Gasteiger partial charge in [-0.25, -0.2) is 8.42 Å². The Morgan fingerprint density at radius 2 is 1.79 bits per heavy atom. The summed E-state index contributed by atoms with van der Waals surface area (Å²) in [6.07, 6.45) is 1.03. The molecule has 2 aromatic rings. The smallest absolute Gasteiger partial charge is 0.243 e. The van der Waals surface area contributed by atoms with Crippen LogP contribution in [0.5, 0.6) is 5.75 Å². The SMILES string of the molecule is Cc1ccc(OCCNC(=O)[C@H](C)N(c2ccc(Cl)c(Cl)c2)S(C)(=O)=O)cc1. The molecule has 1 N–H and O–H groups in total. The fourth-order valence-corrected chi connectivity index (χ4v) is 4.02. The summed E-state index contributed by atoms with van der Waals surface area (Å²) in [5.74, 6) is 0.241. The van der Waals surface area contributed by atoms with Crippen molar-refractivity contribution in [2.75, 3.05) is 23.7 Å². The van der Waals surface area contributed by atoms with Gasteiger partial charge in [-0.2, -0.15) is 0 Å². The Bertz CT molecular complexity index is 933. The molecular weight excluding hydrogens is 423 g/mol. The number of sulfonamides is 1. The quantitative estimate of drug-likeness (QED) is 0.630. The molecule has 28 heavy (non-hydrogen) atoms. The largest absolute Gasteiger partial charge is 0.492 e. The number of benzene rings is 2. The van der Waals surface area contributed by atoms with E-state index in [2.05, 4.69) is 5.32 Å². The number of carbonyl (C=O) groups is 1. The molecule has 0 aromatic heterocycles. The van der Waals surface area contributed by atoms with E-state index in [1.54, 1.807) is 0 Å². The minimum Gasteiger partial charge on any atom is -0.492 e. The first kappa shape index (κ1) is 22.3. The predicted molar refractivity (Wildman–Crippen MR) is 113 cm³/mol. The van der Waals surface area contributed by atoms with Crippen molar-refractivity contribution in [2.24, 2.45) is 0 Å². The van der Waals surface area contributed by atoms with Crippen molar-refractivity contribution in [1.29, 1.82) is 0 Å². The molecule has 0 saturated heterocycles. The van der Waals surface area contributed by atoms with Gasteiger partial charge in [0.25, 0.3) is 0 Å². The second-order valence-electron chi connectivity index (χ2n) is 6.29. The van der Waals surface area contributed by atoms with Gasteiger partial charge in [-0.1, -0.05) is 40.9 Å². The molecule has 0 unspecified atom stereocenters. The third kappa shape index (κ3) is 6.02. The van der Waals surface area contributed by atoms with Crippen molar-refractivity contribution < 1.29 is 17.9 Å². The maximum atomic E-state index is 12.5. The van der Waals surface area contributed by atoms with E-state index in [0.717, 1.165) is 16.1 Å². The zero-order valence-electron chi connectivity index (χ0n) is 15.8. The molecule has 0 fully saturated rings. The molecule has 0 heterocycles. The maximum Gasteiger partial charge on any atom is 0.243 e. The lowest BCUT2D eigenvalue weighted by atomic mass is 10.2. The summed E-state index contributed by atoms with van der Waals surface area (Å²) in [5.41, 5.74) is 1.38. The molecule has 1 amide bonds. The Labute approximate surface area is 175 Å². The lowest BCUT2D eigenvalue weighted by Crippen LogP contribution is -2.48. The van der Waals surface area contributed by atoms with Crippen LogP contribution in [0.15, 0.2) is 42.5 Å². The van der Waals surface area contributed by atoms with Crippen LogP contribution in [0.2, 0.25) is 10.0 Å². The van der Waals surface area contributed by atoms with Crippen molar-refractivity contribution in [2.45, 2.75) is 19.9 Å². The number of anilines is 1. The summed E-state index contributed by atoms with van der Waals surface area (Å²) < 4.78 is 31.1. The highest BCUT2D eigenvalue weighted by Gasteiger charge is 2.29. The Morgan fingerprint density at radius 1 is 1.14 bits per heavy atom. The highest BCUT2D eigenvalue weighted by Crippen LogP contribution is 2.29. The molecule has 0 aliphatic carbocycles. The molecule has 152 valence electrons. The number of aryl methyl sites for hydroxylation is 1. The number of hydrogen-bond acceptors (Lipinski definition) is 4. The van der Waals surface area contributed by atoms with Crippen molar-refractivity contribution in [1.82, 2.24) is 5.32 Å². The number of nitrogens with zero attached hydrogens (tertiary/aromatic N) is 1. The number of carbonyl (C=O) groups excluding carboxylic acids is 1. The number of ether oxygens (including phenoxy) is 1. The molecule has 9 heteroatoms. The van der Waals surface area contributed by atoms with Crippen molar-refractivity contribution in [3.8, 4) is 5.75 Å². The zero-order valence-corrected chi connectivity index (χ0v) is 18.1. The number of halogens is 2. The predicted octanol–water partition coefficient (Wildman–Crippen LogP) is 3.65. The Hall–Kier alpha value is -1.96. The van der Waals surface area contributed by atoms with Gasteiger partial charge in [0.2, 0.25) is 15.9 Å². The van der Waals surface area contributed by atoms with Crippen LogP contribution in [0, 0.1) is 6.92 Å². The first-order chi connectivity index (χ1) is 13.1. The van der Waals surface area contributed by atoms with Crippen LogP contribution < -0.4 is 14.4 Å². The standard InChI is InChI=1S/C19H22Cl2N2O4S/c1-13-4-7-16(8-5-13)27-11-10-22-19(24)14(2)23(28(3,25)26)15-6-9-17(20)18(21)12-15/h4-9,12,14H,10-11H2,1-3H3,(H,22,24)/t14-/m0/s1. The van der Waals surface area contributed by atoms with Gasteiger partial charge in [0, 0.05) is 0 Å². The van der Waals surface area contributed by atoms with Gasteiger partial charge >= 0.3 is 0 Å². The second-order valence-corrected chi connectivity index (χ2v) is 8.96. The minimum atomic E-state index is -3.73. The average molecular weight is 445 g/mol. The van der Waals surface area contributed by atoms with Crippen LogP contribution >= 0.6 is 23.2 Å². The van der Waals surface area contributed by atoms with E-state index in [1.807, 2.05) is 31.2 Å². The van der Waals surface area contributed by atoms with Gasteiger partial charge in [-0.3, -0.25) is 9.10 Å². The minimum absolute atomic E-state index is 0.201. The third-order valence-corrected chi connectivity index (χ3v) is 5.92. The Morgan fingerprint density at radius 3 is 2.36 bits per heavy atom. The highest BCUT2D eigenvalue weighted by molar-refractivity contribution is 7.92. The van der Waals surface area contributed by atoms with Gasteiger partial charge in [0.15, 0.2) is 0 Å². The lowest BCUT2D eigenvalue weighted by Gasteiger charge is -2.28. The Kier molecular flexibility index (Phi) is 7.57. The summed E-state index contributed by atoms with van der Waals surface area (Å²) >= 11 is 11.9. The molecular formula is C19H22Cl2N2O4S. The van der Waals surface area contributed by atoms with Gasteiger partial charge in [-0.05, 0) is 44.2 Å². The summed E-state index contributed by atoms with van der Waals surface area (Å²) in [5, 5.41) is 3.18. The molecule has 0 saturated carbocycles. The molecule has 0 radical (unpaired) electrons. The van der Waals surface area contributed by atoms with Crippen molar-refractivity contribution in [3.63, 3.8) is 0 Å². The molecule has 0 bridgehead atoms. The van der Waals surface area contributed by atoms with E-state index in [0.29, 0.717) is 10.8 Å². The molecule has 0 spiro atoms. The number of nitrogens with one attached hydrogen (secondary N) is 1. The van der Waals surface area contributed by atoms with Gasteiger partial charge in [0.1, 0.15) is 18.4 Å². The topological polar surface area (TPSA) is 75.7 Å². The summed E-state index contributed by atoms with van der Waals surface area (Å²) in [6, 6.07) is 11.0. The van der Waals surface area contributed by atoms with Crippen LogP contribution in [-0.4, -0.2) is 39.8 Å². The van der Waals surface area contributed by atoms with Crippen LogP contribution in [-0.2, 0) is 14.8 Å².